The molecule has 112 valence electrons. The molecular weight excluding hydrogens is 258 g/mol. The fourth-order valence-corrected chi connectivity index (χ4v) is 1.72. The average Bonchev–Trinajstić information content (AvgIpc) is 2.45. The number of ether oxygens (including phenoxy) is 1. The summed E-state index contributed by atoms with van der Waals surface area (Å²) in [5.74, 6) is 0.605. The predicted octanol–water partition coefficient (Wildman–Crippen LogP) is -0.437. The second-order valence-corrected chi connectivity index (χ2v) is 4.68. The highest BCUT2D eigenvalue weighted by molar-refractivity contribution is 5.77. The maximum atomic E-state index is 11.2. The molecule has 20 heavy (non-hydrogen) atoms. The number of carbonyl (C=O) groups is 1. The highest BCUT2D eigenvalue weighted by atomic mass is 16.5. The molecule has 1 aromatic carbocycles. The minimum absolute atomic E-state index is 0.0852. The Balaban J connectivity index is 2.31. The topological polar surface area (TPSA) is 87.8 Å². The number of hydrogen-bond acceptors (Lipinski definition) is 5. The molecular formula is C14H23N3O3. The van der Waals surface area contributed by atoms with Crippen molar-refractivity contribution >= 4 is 5.91 Å². The SMILES string of the molecule is CNC(=O)CN(C)CC(O)COc1ccc(CN)cc1. The number of amides is 1. The van der Waals surface area contributed by atoms with Gasteiger partial charge in [-0.1, -0.05) is 12.1 Å². The molecule has 1 rings (SSSR count). The number of carbonyl (C=O) groups excluding carboxylic acids is 1. The van der Waals surface area contributed by atoms with Crippen molar-refractivity contribution < 1.29 is 14.6 Å². The van der Waals surface area contributed by atoms with Gasteiger partial charge in [0, 0.05) is 20.1 Å². The van der Waals surface area contributed by atoms with Gasteiger partial charge in [0.05, 0.1) is 6.54 Å². The highest BCUT2D eigenvalue weighted by Gasteiger charge is 2.11. The smallest absolute Gasteiger partial charge is 0.233 e. The monoisotopic (exact) mass is 281 g/mol. The van der Waals surface area contributed by atoms with Crippen LogP contribution in [0.15, 0.2) is 24.3 Å². The number of likely N-dealkylation sites (N-methyl/N-ethyl adjacent to an activating group) is 2. The lowest BCUT2D eigenvalue weighted by Crippen LogP contribution is -2.39. The Morgan fingerprint density at radius 3 is 2.65 bits per heavy atom. The molecule has 0 spiro atoms. The fourth-order valence-electron chi connectivity index (χ4n) is 1.72. The Morgan fingerprint density at radius 1 is 1.45 bits per heavy atom. The van der Waals surface area contributed by atoms with E-state index in [0.717, 1.165) is 5.56 Å². The van der Waals surface area contributed by atoms with Gasteiger partial charge in [-0.2, -0.15) is 0 Å². The Hall–Kier alpha value is -1.63. The summed E-state index contributed by atoms with van der Waals surface area (Å²) in [6.45, 7) is 1.29. The molecule has 0 bridgehead atoms. The van der Waals surface area contributed by atoms with Crippen molar-refractivity contribution in [3.63, 3.8) is 0 Å². The van der Waals surface area contributed by atoms with Gasteiger partial charge in [0.2, 0.25) is 5.91 Å². The van der Waals surface area contributed by atoms with Crippen molar-refractivity contribution in [1.82, 2.24) is 10.2 Å². The van der Waals surface area contributed by atoms with Gasteiger partial charge in [-0.3, -0.25) is 9.69 Å². The van der Waals surface area contributed by atoms with Crippen LogP contribution in [-0.4, -0.2) is 55.8 Å². The largest absolute Gasteiger partial charge is 0.491 e. The van der Waals surface area contributed by atoms with Crippen LogP contribution in [0, 0.1) is 0 Å². The summed E-state index contributed by atoms with van der Waals surface area (Å²) in [5, 5.41) is 12.4. The van der Waals surface area contributed by atoms with E-state index in [1.54, 1.807) is 19.0 Å². The fraction of sp³-hybridized carbons (Fsp3) is 0.500. The van der Waals surface area contributed by atoms with Crippen LogP contribution >= 0.6 is 0 Å². The van der Waals surface area contributed by atoms with E-state index in [9.17, 15) is 9.90 Å². The number of nitrogens with zero attached hydrogens (tertiary/aromatic N) is 1. The lowest BCUT2D eigenvalue weighted by molar-refractivity contribution is -0.121. The lowest BCUT2D eigenvalue weighted by atomic mass is 10.2. The third kappa shape index (κ3) is 6.01. The zero-order valence-electron chi connectivity index (χ0n) is 12.0. The number of rotatable bonds is 8. The summed E-state index contributed by atoms with van der Waals surface area (Å²) in [4.78, 5) is 12.9. The number of benzene rings is 1. The molecule has 4 N–H and O–H groups in total. The number of hydrogen-bond donors (Lipinski definition) is 3. The average molecular weight is 281 g/mol. The molecule has 0 radical (unpaired) electrons. The van der Waals surface area contributed by atoms with Crippen LogP contribution in [-0.2, 0) is 11.3 Å². The molecule has 1 amide bonds. The van der Waals surface area contributed by atoms with Gasteiger partial charge in [0.15, 0.2) is 0 Å². The van der Waals surface area contributed by atoms with Crippen LogP contribution in [0.2, 0.25) is 0 Å². The van der Waals surface area contributed by atoms with Crippen LogP contribution in [0.5, 0.6) is 5.75 Å². The Kier molecular flexibility index (Phi) is 7.00. The molecule has 6 nitrogen and oxygen atoms in total. The molecule has 0 aliphatic carbocycles. The van der Waals surface area contributed by atoms with Gasteiger partial charge < -0.3 is 20.9 Å². The molecule has 1 unspecified atom stereocenters. The van der Waals surface area contributed by atoms with E-state index in [4.69, 9.17) is 10.5 Å². The standard InChI is InChI=1S/C14H23N3O3/c1-16-14(19)9-17(2)8-12(18)10-20-13-5-3-11(7-15)4-6-13/h3-6,12,18H,7-10,15H2,1-2H3,(H,16,19). The normalized spacial score (nSPS) is 12.2. The second kappa shape index (κ2) is 8.52. The first-order valence-corrected chi connectivity index (χ1v) is 6.54. The van der Waals surface area contributed by atoms with Gasteiger partial charge >= 0.3 is 0 Å². The molecule has 1 atom stereocenters. The Morgan fingerprint density at radius 2 is 2.10 bits per heavy atom. The molecule has 6 heteroatoms. The number of nitrogens with two attached hydrogens (primary N) is 1. The van der Waals surface area contributed by atoms with Crippen molar-refractivity contribution in [1.29, 1.82) is 0 Å². The minimum Gasteiger partial charge on any atom is -0.491 e. The first kappa shape index (κ1) is 16.4. The number of aliphatic hydroxyl groups excluding tert-OH is 1. The van der Waals surface area contributed by atoms with Gasteiger partial charge in [-0.05, 0) is 24.7 Å². The van der Waals surface area contributed by atoms with Gasteiger partial charge in [0.25, 0.3) is 0 Å². The molecule has 0 saturated carbocycles. The summed E-state index contributed by atoms with van der Waals surface area (Å²) >= 11 is 0. The highest BCUT2D eigenvalue weighted by Crippen LogP contribution is 2.12. The maximum Gasteiger partial charge on any atom is 0.233 e. The molecule has 0 saturated heterocycles. The van der Waals surface area contributed by atoms with E-state index < -0.39 is 6.10 Å². The van der Waals surface area contributed by atoms with Crippen LogP contribution in [0.25, 0.3) is 0 Å². The van der Waals surface area contributed by atoms with E-state index in [1.165, 1.54) is 0 Å². The summed E-state index contributed by atoms with van der Waals surface area (Å²) in [6.07, 6.45) is -0.654. The molecule has 1 aromatic rings. The summed E-state index contributed by atoms with van der Waals surface area (Å²) in [7, 11) is 3.36. The van der Waals surface area contributed by atoms with Gasteiger partial charge in [-0.25, -0.2) is 0 Å². The van der Waals surface area contributed by atoms with E-state index in [0.29, 0.717) is 18.8 Å². The summed E-state index contributed by atoms with van der Waals surface area (Å²) in [6, 6.07) is 7.42. The van der Waals surface area contributed by atoms with Gasteiger partial charge in [-0.15, -0.1) is 0 Å². The summed E-state index contributed by atoms with van der Waals surface area (Å²) in [5.41, 5.74) is 6.54. The maximum absolute atomic E-state index is 11.2. The number of aliphatic hydroxyl groups is 1. The van der Waals surface area contributed by atoms with Crippen molar-refractivity contribution in [2.45, 2.75) is 12.6 Å². The van der Waals surface area contributed by atoms with Crippen molar-refractivity contribution in [2.24, 2.45) is 5.73 Å². The van der Waals surface area contributed by atoms with Crippen molar-refractivity contribution in [2.75, 3.05) is 33.8 Å². The van der Waals surface area contributed by atoms with Crippen LogP contribution in [0.3, 0.4) is 0 Å². The van der Waals surface area contributed by atoms with E-state index in [1.807, 2.05) is 24.3 Å². The third-order valence-electron chi connectivity index (χ3n) is 2.82. The third-order valence-corrected chi connectivity index (χ3v) is 2.82. The van der Waals surface area contributed by atoms with E-state index in [2.05, 4.69) is 5.32 Å². The van der Waals surface area contributed by atoms with Crippen molar-refractivity contribution in [3.05, 3.63) is 29.8 Å². The Labute approximate surface area is 119 Å². The predicted molar refractivity (Wildman–Crippen MR) is 77.4 cm³/mol. The zero-order valence-corrected chi connectivity index (χ0v) is 12.0. The molecule has 0 aliphatic heterocycles. The Bertz CT molecular complexity index is 409. The summed E-state index contributed by atoms with van der Waals surface area (Å²) < 4.78 is 5.48. The van der Waals surface area contributed by atoms with Crippen molar-refractivity contribution in [3.8, 4) is 5.75 Å². The molecule has 0 aliphatic rings. The molecule has 0 aromatic heterocycles. The number of nitrogens with one attached hydrogen (secondary N) is 1. The van der Waals surface area contributed by atoms with Crippen LogP contribution < -0.4 is 15.8 Å². The minimum atomic E-state index is -0.654. The van der Waals surface area contributed by atoms with E-state index in [-0.39, 0.29) is 19.1 Å². The quantitative estimate of drug-likeness (QED) is 0.601. The first-order valence-electron chi connectivity index (χ1n) is 6.54. The molecule has 0 fully saturated rings. The second-order valence-electron chi connectivity index (χ2n) is 4.68. The van der Waals surface area contributed by atoms with Crippen LogP contribution in [0.1, 0.15) is 5.56 Å². The van der Waals surface area contributed by atoms with E-state index >= 15 is 0 Å². The van der Waals surface area contributed by atoms with Crippen LogP contribution in [0.4, 0.5) is 0 Å². The first-order chi connectivity index (χ1) is 9.55. The van der Waals surface area contributed by atoms with Gasteiger partial charge in [0.1, 0.15) is 18.5 Å². The molecule has 0 heterocycles. The zero-order chi connectivity index (χ0) is 15.0. The lowest BCUT2D eigenvalue weighted by Gasteiger charge is -2.20.